The Morgan fingerprint density at radius 3 is 2.50 bits per heavy atom. The Morgan fingerprint density at radius 1 is 1.10 bits per heavy atom. The van der Waals surface area contributed by atoms with Crippen LogP contribution in [0.5, 0.6) is 0 Å². The molecule has 2 rings (SSSR count). The predicted molar refractivity (Wildman–Crippen MR) is 86.2 cm³/mol. The van der Waals surface area contributed by atoms with Gasteiger partial charge in [-0.15, -0.1) is 12.6 Å². The lowest BCUT2D eigenvalue weighted by atomic mass is 10.1. The van der Waals surface area contributed by atoms with E-state index < -0.39 is 0 Å². The van der Waals surface area contributed by atoms with Crippen LogP contribution in [-0.4, -0.2) is 12.5 Å². The minimum Gasteiger partial charge on any atom is -0.352 e. The topological polar surface area (TPSA) is 29.1 Å². The molecule has 2 nitrogen and oxygen atoms in total. The Kier molecular flexibility index (Phi) is 5.35. The van der Waals surface area contributed by atoms with Gasteiger partial charge in [0.15, 0.2) is 0 Å². The smallest absolute Gasteiger partial charge is 0.252 e. The molecule has 0 saturated heterocycles. The number of carbonyl (C=O) groups is 1. The predicted octanol–water partition coefficient (Wildman–Crippen LogP) is 4.25. The van der Waals surface area contributed by atoms with E-state index in [2.05, 4.69) is 17.9 Å². The average Bonchev–Trinajstić information content (AvgIpc) is 2.43. The van der Waals surface area contributed by atoms with E-state index in [9.17, 15) is 4.79 Å². The Labute approximate surface area is 133 Å². The summed E-state index contributed by atoms with van der Waals surface area (Å²) in [6.45, 7) is 0.535. The molecule has 2 aromatic carbocycles. The quantitative estimate of drug-likeness (QED) is 0.808. The molecule has 1 N–H and O–H groups in total. The summed E-state index contributed by atoms with van der Waals surface area (Å²) in [6.07, 6.45) is 0.737. The van der Waals surface area contributed by atoms with Gasteiger partial charge in [-0.1, -0.05) is 35.3 Å². The lowest BCUT2D eigenvalue weighted by Crippen LogP contribution is -2.26. The van der Waals surface area contributed by atoms with Crippen LogP contribution >= 0.6 is 35.8 Å². The van der Waals surface area contributed by atoms with Crippen molar-refractivity contribution in [1.82, 2.24) is 5.32 Å². The summed E-state index contributed by atoms with van der Waals surface area (Å²) < 4.78 is 0. The van der Waals surface area contributed by atoms with E-state index >= 15 is 0 Å². The van der Waals surface area contributed by atoms with Crippen molar-refractivity contribution in [3.63, 3.8) is 0 Å². The van der Waals surface area contributed by atoms with Crippen LogP contribution in [0.15, 0.2) is 47.4 Å². The van der Waals surface area contributed by atoms with Crippen molar-refractivity contribution in [2.45, 2.75) is 11.3 Å². The number of amides is 1. The number of nitrogens with one attached hydrogen (secondary N) is 1. The normalized spacial score (nSPS) is 10.3. The highest BCUT2D eigenvalue weighted by Gasteiger charge is 2.09. The van der Waals surface area contributed by atoms with E-state index in [-0.39, 0.29) is 5.91 Å². The van der Waals surface area contributed by atoms with Gasteiger partial charge in [0.25, 0.3) is 5.91 Å². The first kappa shape index (κ1) is 15.2. The number of carbonyl (C=O) groups excluding carboxylic acids is 1. The summed E-state index contributed by atoms with van der Waals surface area (Å²) in [5, 5.41) is 3.97. The highest BCUT2D eigenvalue weighted by Crippen LogP contribution is 2.19. The molecule has 0 unspecified atom stereocenters. The van der Waals surface area contributed by atoms with Crippen LogP contribution in [0.25, 0.3) is 0 Å². The van der Waals surface area contributed by atoms with Crippen molar-refractivity contribution < 1.29 is 4.79 Å². The van der Waals surface area contributed by atoms with Crippen molar-refractivity contribution in [3.05, 3.63) is 63.6 Å². The molecule has 104 valence electrons. The van der Waals surface area contributed by atoms with Gasteiger partial charge in [0, 0.05) is 16.5 Å². The van der Waals surface area contributed by atoms with Crippen molar-refractivity contribution in [1.29, 1.82) is 0 Å². The largest absolute Gasteiger partial charge is 0.352 e. The highest BCUT2D eigenvalue weighted by molar-refractivity contribution is 7.80. The first-order chi connectivity index (χ1) is 9.56. The number of benzene rings is 2. The van der Waals surface area contributed by atoms with Crippen LogP contribution in [0.3, 0.4) is 0 Å². The molecule has 2 aromatic rings. The van der Waals surface area contributed by atoms with E-state index in [1.54, 1.807) is 18.2 Å². The summed E-state index contributed by atoms with van der Waals surface area (Å²) >= 11 is 16.0. The Balaban J connectivity index is 1.92. The second kappa shape index (κ2) is 7.02. The monoisotopic (exact) mass is 325 g/mol. The molecule has 0 spiro atoms. The van der Waals surface area contributed by atoms with Crippen LogP contribution in [0.1, 0.15) is 15.9 Å². The molecule has 0 fully saturated rings. The van der Waals surface area contributed by atoms with E-state index in [0.717, 1.165) is 12.0 Å². The highest BCUT2D eigenvalue weighted by atomic mass is 35.5. The molecule has 1 amide bonds. The third kappa shape index (κ3) is 4.17. The number of hydrogen-bond donors (Lipinski definition) is 2. The SMILES string of the molecule is O=C(NCCc1ccc(Cl)cc1)c1cc(S)ccc1Cl. The fraction of sp³-hybridized carbons (Fsp3) is 0.133. The molecular weight excluding hydrogens is 313 g/mol. The standard InChI is InChI=1S/C15H13Cl2NOS/c16-11-3-1-10(2-4-11)7-8-18-15(19)13-9-12(20)5-6-14(13)17/h1-6,9,20H,7-8H2,(H,18,19). The molecule has 0 aliphatic heterocycles. The lowest BCUT2D eigenvalue weighted by molar-refractivity contribution is 0.0954. The van der Waals surface area contributed by atoms with Gasteiger partial charge in [-0.2, -0.15) is 0 Å². The Bertz CT molecular complexity index is 614. The van der Waals surface area contributed by atoms with Crippen molar-refractivity contribution in [2.75, 3.05) is 6.54 Å². The molecular formula is C15H13Cl2NOS. The third-order valence-electron chi connectivity index (χ3n) is 2.81. The lowest BCUT2D eigenvalue weighted by Gasteiger charge is -2.07. The number of halogens is 2. The van der Waals surface area contributed by atoms with Crippen LogP contribution < -0.4 is 5.32 Å². The van der Waals surface area contributed by atoms with Gasteiger partial charge in [0.05, 0.1) is 10.6 Å². The Morgan fingerprint density at radius 2 is 1.80 bits per heavy atom. The first-order valence-corrected chi connectivity index (χ1v) is 7.28. The zero-order valence-corrected chi connectivity index (χ0v) is 13.0. The van der Waals surface area contributed by atoms with Crippen LogP contribution in [0.4, 0.5) is 0 Å². The summed E-state index contributed by atoms with van der Waals surface area (Å²) in [4.78, 5) is 12.7. The maximum Gasteiger partial charge on any atom is 0.252 e. The maximum atomic E-state index is 12.0. The minimum absolute atomic E-state index is 0.195. The molecule has 0 aliphatic carbocycles. The second-order valence-corrected chi connectivity index (χ2v) is 5.66. The van der Waals surface area contributed by atoms with Gasteiger partial charge in [0.2, 0.25) is 0 Å². The zero-order chi connectivity index (χ0) is 14.5. The molecule has 0 saturated carbocycles. The number of hydrogen-bond acceptors (Lipinski definition) is 2. The first-order valence-electron chi connectivity index (χ1n) is 6.07. The molecule has 0 heterocycles. The van der Waals surface area contributed by atoms with Crippen LogP contribution in [-0.2, 0) is 6.42 Å². The van der Waals surface area contributed by atoms with Gasteiger partial charge in [-0.05, 0) is 42.3 Å². The average molecular weight is 326 g/mol. The van der Waals surface area contributed by atoms with Crippen molar-refractivity contribution >= 4 is 41.7 Å². The third-order valence-corrected chi connectivity index (χ3v) is 3.67. The van der Waals surface area contributed by atoms with E-state index in [0.29, 0.717) is 27.0 Å². The van der Waals surface area contributed by atoms with E-state index in [4.69, 9.17) is 23.2 Å². The van der Waals surface area contributed by atoms with Crippen molar-refractivity contribution in [3.8, 4) is 0 Å². The molecule has 20 heavy (non-hydrogen) atoms. The maximum absolute atomic E-state index is 12.0. The molecule has 0 aromatic heterocycles. The summed E-state index contributed by atoms with van der Waals surface area (Å²) in [7, 11) is 0. The number of thiol groups is 1. The van der Waals surface area contributed by atoms with Gasteiger partial charge in [0.1, 0.15) is 0 Å². The molecule has 0 radical (unpaired) electrons. The molecule has 5 heteroatoms. The van der Waals surface area contributed by atoms with Gasteiger partial charge in [-0.25, -0.2) is 0 Å². The Hall–Kier alpha value is -1.16. The van der Waals surface area contributed by atoms with Crippen molar-refractivity contribution in [2.24, 2.45) is 0 Å². The van der Waals surface area contributed by atoms with Gasteiger partial charge < -0.3 is 5.32 Å². The van der Waals surface area contributed by atoms with Gasteiger partial charge >= 0.3 is 0 Å². The molecule has 0 aliphatic rings. The molecule has 0 bridgehead atoms. The van der Waals surface area contributed by atoms with E-state index in [1.807, 2.05) is 24.3 Å². The van der Waals surface area contributed by atoms with Gasteiger partial charge in [-0.3, -0.25) is 4.79 Å². The summed E-state index contributed by atoms with van der Waals surface area (Å²) in [6, 6.07) is 12.6. The minimum atomic E-state index is -0.195. The number of rotatable bonds is 4. The fourth-order valence-electron chi connectivity index (χ4n) is 1.75. The summed E-state index contributed by atoms with van der Waals surface area (Å²) in [5.74, 6) is -0.195. The zero-order valence-electron chi connectivity index (χ0n) is 10.6. The van der Waals surface area contributed by atoms with Crippen LogP contribution in [0, 0.1) is 0 Å². The molecule has 0 atom stereocenters. The summed E-state index contributed by atoms with van der Waals surface area (Å²) in [5.41, 5.74) is 1.55. The second-order valence-electron chi connectivity index (χ2n) is 4.30. The van der Waals surface area contributed by atoms with Crippen LogP contribution in [0.2, 0.25) is 10.0 Å². The van der Waals surface area contributed by atoms with E-state index in [1.165, 1.54) is 0 Å². The fourth-order valence-corrected chi connectivity index (χ4v) is 2.29.